The lowest BCUT2D eigenvalue weighted by Gasteiger charge is -2.22. The van der Waals surface area contributed by atoms with E-state index in [0.29, 0.717) is 6.42 Å². The van der Waals surface area contributed by atoms with Crippen LogP contribution in [0.4, 0.5) is 8.78 Å². The van der Waals surface area contributed by atoms with Crippen LogP contribution in [0.25, 0.3) is 0 Å². The zero-order chi connectivity index (χ0) is 14.4. The monoisotopic (exact) mass is 274 g/mol. The van der Waals surface area contributed by atoms with Crippen LogP contribution >= 0.6 is 0 Å². The molecule has 0 aliphatic rings. The molecule has 0 saturated heterocycles. The van der Waals surface area contributed by atoms with Gasteiger partial charge in [0.25, 0.3) is 12.3 Å². The quantitative estimate of drug-likeness (QED) is 0.797. The minimum atomic E-state index is -2.50. The first kappa shape index (κ1) is 15.6. The smallest absolute Gasteiger partial charge is 0.268 e. The lowest BCUT2D eigenvalue weighted by molar-refractivity contribution is 0.0894. The Morgan fingerprint density at radius 3 is 2.68 bits per heavy atom. The second-order valence-electron chi connectivity index (χ2n) is 4.77. The maximum Gasteiger partial charge on any atom is 0.268 e. The Hall–Kier alpha value is -1.43. The highest BCUT2D eigenvalue weighted by Crippen LogP contribution is 2.10. The average Bonchev–Trinajstić information content (AvgIpc) is 2.75. The summed E-state index contributed by atoms with van der Waals surface area (Å²) in [6, 6.07) is 2.90. The predicted molar refractivity (Wildman–Crippen MR) is 68.2 cm³/mol. The topological polar surface area (TPSA) is 54.3 Å². The number of aromatic nitrogens is 1. The Labute approximate surface area is 111 Å². The van der Waals surface area contributed by atoms with Crippen LogP contribution in [0, 0.1) is 5.92 Å². The number of hydrogen-bond donors (Lipinski definition) is 2. The van der Waals surface area contributed by atoms with E-state index in [1.165, 1.54) is 16.8 Å². The van der Waals surface area contributed by atoms with Gasteiger partial charge in [0.15, 0.2) is 0 Å². The molecule has 0 saturated carbocycles. The minimum absolute atomic E-state index is 0.0266. The van der Waals surface area contributed by atoms with E-state index >= 15 is 0 Å². The van der Waals surface area contributed by atoms with Gasteiger partial charge in [-0.05, 0) is 24.5 Å². The molecule has 0 radical (unpaired) electrons. The molecule has 1 rings (SSSR count). The first-order chi connectivity index (χ1) is 8.95. The number of amides is 1. The van der Waals surface area contributed by atoms with Crippen molar-refractivity contribution in [1.29, 1.82) is 0 Å². The highest BCUT2D eigenvalue weighted by molar-refractivity contribution is 5.92. The van der Waals surface area contributed by atoms with Crippen LogP contribution in [-0.4, -0.2) is 34.7 Å². The molecular formula is C13H20F2N2O2. The molecule has 1 aromatic heterocycles. The molecule has 1 unspecified atom stereocenters. The molecule has 1 heterocycles. The molecule has 1 atom stereocenters. The SMILES string of the molecule is CC(C)C(CCO)NC(=O)c1cccn1CC(F)F. The highest BCUT2D eigenvalue weighted by atomic mass is 19.3. The van der Waals surface area contributed by atoms with Crippen molar-refractivity contribution in [2.75, 3.05) is 6.61 Å². The molecule has 0 aliphatic heterocycles. The number of alkyl halides is 2. The number of aliphatic hydroxyl groups is 1. The van der Waals surface area contributed by atoms with Crippen LogP contribution in [0.3, 0.4) is 0 Å². The van der Waals surface area contributed by atoms with Gasteiger partial charge in [0.1, 0.15) is 5.69 Å². The number of carbonyl (C=O) groups excluding carboxylic acids is 1. The summed E-state index contributed by atoms with van der Waals surface area (Å²) < 4.78 is 26.0. The average molecular weight is 274 g/mol. The third-order valence-electron chi connectivity index (χ3n) is 2.96. The molecule has 4 nitrogen and oxygen atoms in total. The third kappa shape index (κ3) is 4.63. The van der Waals surface area contributed by atoms with E-state index in [1.54, 1.807) is 6.07 Å². The van der Waals surface area contributed by atoms with E-state index < -0.39 is 18.9 Å². The number of nitrogens with zero attached hydrogens (tertiary/aromatic N) is 1. The van der Waals surface area contributed by atoms with E-state index in [-0.39, 0.29) is 24.3 Å². The Kier molecular flexibility index (Phi) is 5.95. The molecule has 0 spiro atoms. The molecule has 0 fully saturated rings. The lowest BCUT2D eigenvalue weighted by atomic mass is 10.0. The fourth-order valence-electron chi connectivity index (χ4n) is 1.88. The highest BCUT2D eigenvalue weighted by Gasteiger charge is 2.19. The molecular weight excluding hydrogens is 254 g/mol. The van der Waals surface area contributed by atoms with E-state index in [4.69, 9.17) is 5.11 Å². The van der Waals surface area contributed by atoms with Gasteiger partial charge in [-0.3, -0.25) is 4.79 Å². The molecule has 0 aliphatic carbocycles. The number of carbonyl (C=O) groups is 1. The van der Waals surface area contributed by atoms with Crippen molar-refractivity contribution in [1.82, 2.24) is 9.88 Å². The normalized spacial score (nSPS) is 13.0. The first-order valence-corrected chi connectivity index (χ1v) is 6.30. The summed E-state index contributed by atoms with van der Waals surface area (Å²) >= 11 is 0. The molecule has 6 heteroatoms. The van der Waals surface area contributed by atoms with Gasteiger partial charge >= 0.3 is 0 Å². The van der Waals surface area contributed by atoms with Crippen LogP contribution in [0.5, 0.6) is 0 Å². The first-order valence-electron chi connectivity index (χ1n) is 6.30. The van der Waals surface area contributed by atoms with Crippen LogP contribution < -0.4 is 5.32 Å². The number of hydrogen-bond acceptors (Lipinski definition) is 2. The van der Waals surface area contributed by atoms with Crippen molar-refractivity contribution in [2.45, 2.75) is 39.3 Å². The Balaban J connectivity index is 2.74. The van der Waals surface area contributed by atoms with Gasteiger partial charge < -0.3 is 15.0 Å². The molecule has 1 amide bonds. The van der Waals surface area contributed by atoms with Gasteiger partial charge in [-0.2, -0.15) is 0 Å². The maximum atomic E-state index is 12.4. The number of halogens is 2. The Morgan fingerprint density at radius 2 is 2.16 bits per heavy atom. The second-order valence-corrected chi connectivity index (χ2v) is 4.77. The molecule has 0 aromatic carbocycles. The third-order valence-corrected chi connectivity index (χ3v) is 2.96. The molecule has 108 valence electrons. The minimum Gasteiger partial charge on any atom is -0.396 e. The van der Waals surface area contributed by atoms with Crippen molar-refractivity contribution in [3.63, 3.8) is 0 Å². The van der Waals surface area contributed by atoms with Crippen molar-refractivity contribution < 1.29 is 18.7 Å². The maximum absolute atomic E-state index is 12.4. The zero-order valence-electron chi connectivity index (χ0n) is 11.1. The summed E-state index contributed by atoms with van der Waals surface area (Å²) in [5, 5.41) is 11.7. The summed E-state index contributed by atoms with van der Waals surface area (Å²) in [4.78, 5) is 12.0. The van der Waals surface area contributed by atoms with Gasteiger partial charge in [-0.25, -0.2) is 8.78 Å². The van der Waals surface area contributed by atoms with Crippen LogP contribution in [0.15, 0.2) is 18.3 Å². The predicted octanol–water partition coefficient (Wildman–Crippen LogP) is 1.89. The number of aliphatic hydroxyl groups excluding tert-OH is 1. The van der Waals surface area contributed by atoms with Crippen LogP contribution in [0.2, 0.25) is 0 Å². The lowest BCUT2D eigenvalue weighted by Crippen LogP contribution is -2.40. The molecule has 2 N–H and O–H groups in total. The summed E-state index contributed by atoms with van der Waals surface area (Å²) in [5.41, 5.74) is 0.212. The Bertz CT molecular complexity index is 405. The summed E-state index contributed by atoms with van der Waals surface area (Å²) in [5.74, 6) is -0.229. The summed E-state index contributed by atoms with van der Waals surface area (Å²) in [6.45, 7) is 3.33. The summed E-state index contributed by atoms with van der Waals surface area (Å²) in [6.07, 6.45) is -0.603. The van der Waals surface area contributed by atoms with Gasteiger partial charge in [0.2, 0.25) is 0 Å². The molecule has 19 heavy (non-hydrogen) atoms. The Morgan fingerprint density at radius 1 is 1.47 bits per heavy atom. The van der Waals surface area contributed by atoms with E-state index in [1.807, 2.05) is 13.8 Å². The summed E-state index contributed by atoms with van der Waals surface area (Å²) in [7, 11) is 0. The van der Waals surface area contributed by atoms with Gasteiger partial charge in [-0.15, -0.1) is 0 Å². The van der Waals surface area contributed by atoms with E-state index in [2.05, 4.69) is 5.32 Å². The van der Waals surface area contributed by atoms with E-state index in [9.17, 15) is 13.6 Å². The number of rotatable bonds is 7. The standard InChI is InChI=1S/C13H20F2N2O2/c1-9(2)10(5-7-18)16-13(19)11-4-3-6-17(11)8-12(14)15/h3-4,6,9-10,12,18H,5,7-8H2,1-2H3,(H,16,19). The fourth-order valence-corrected chi connectivity index (χ4v) is 1.88. The van der Waals surface area contributed by atoms with Crippen molar-refractivity contribution >= 4 is 5.91 Å². The van der Waals surface area contributed by atoms with Gasteiger partial charge in [-0.1, -0.05) is 13.8 Å². The van der Waals surface area contributed by atoms with Crippen molar-refractivity contribution in [2.24, 2.45) is 5.92 Å². The van der Waals surface area contributed by atoms with Crippen LogP contribution in [0.1, 0.15) is 30.8 Å². The zero-order valence-corrected chi connectivity index (χ0v) is 11.1. The van der Waals surface area contributed by atoms with E-state index in [0.717, 1.165) is 0 Å². The van der Waals surface area contributed by atoms with Gasteiger partial charge in [0.05, 0.1) is 6.54 Å². The second kappa shape index (κ2) is 7.23. The van der Waals surface area contributed by atoms with Crippen LogP contribution in [-0.2, 0) is 6.54 Å². The molecule has 1 aromatic rings. The molecule has 0 bridgehead atoms. The number of nitrogens with one attached hydrogen (secondary N) is 1. The fraction of sp³-hybridized carbons (Fsp3) is 0.615. The van der Waals surface area contributed by atoms with Crippen molar-refractivity contribution in [3.05, 3.63) is 24.0 Å². The van der Waals surface area contributed by atoms with Crippen molar-refractivity contribution in [3.8, 4) is 0 Å². The largest absolute Gasteiger partial charge is 0.396 e. The van der Waals surface area contributed by atoms with Gasteiger partial charge in [0, 0.05) is 18.8 Å².